The van der Waals surface area contributed by atoms with Crippen molar-refractivity contribution in [1.29, 1.82) is 0 Å². The molecule has 13 heavy (non-hydrogen) atoms. The summed E-state index contributed by atoms with van der Waals surface area (Å²) in [5.41, 5.74) is -0.165. The Labute approximate surface area is 77.8 Å². The summed E-state index contributed by atoms with van der Waals surface area (Å²) in [4.78, 5) is 0. The van der Waals surface area contributed by atoms with Gasteiger partial charge in [0.05, 0.1) is 6.10 Å². The quantitative estimate of drug-likeness (QED) is 0.682. The van der Waals surface area contributed by atoms with Crippen LogP contribution in [0.5, 0.6) is 0 Å². The largest absolute Gasteiger partial charge is 0.390 e. The van der Waals surface area contributed by atoms with E-state index in [2.05, 4.69) is 0 Å². The zero-order valence-electron chi connectivity index (χ0n) is 7.48. The lowest BCUT2D eigenvalue weighted by molar-refractivity contribution is -0.0579. The molecule has 1 saturated carbocycles. The molecule has 0 heterocycles. The van der Waals surface area contributed by atoms with Crippen molar-refractivity contribution in [3.63, 3.8) is 0 Å². The summed E-state index contributed by atoms with van der Waals surface area (Å²) >= 11 is 0. The van der Waals surface area contributed by atoms with Gasteiger partial charge in [-0.15, -0.1) is 0 Å². The fourth-order valence-electron chi connectivity index (χ4n) is 2.03. The third kappa shape index (κ3) is 1.36. The van der Waals surface area contributed by atoms with Crippen molar-refractivity contribution < 1.29 is 10.2 Å². The van der Waals surface area contributed by atoms with E-state index in [0.717, 1.165) is 12.0 Å². The van der Waals surface area contributed by atoms with Crippen molar-refractivity contribution in [2.75, 3.05) is 0 Å². The average molecular weight is 178 g/mol. The highest BCUT2D eigenvalue weighted by molar-refractivity contribution is 5.24. The molecular weight excluding hydrogens is 164 g/mol. The lowest BCUT2D eigenvalue weighted by Gasteiger charge is -2.26. The maximum atomic E-state index is 10.2. The fraction of sp³-hybridized carbons (Fsp3) is 0.455. The molecule has 1 aliphatic rings. The molecule has 0 bridgehead atoms. The number of hydrogen-bond donors (Lipinski definition) is 2. The number of rotatable bonds is 1. The third-order valence-electron chi connectivity index (χ3n) is 2.86. The highest BCUT2D eigenvalue weighted by atomic mass is 16.3. The van der Waals surface area contributed by atoms with Gasteiger partial charge in [0.15, 0.2) is 0 Å². The Bertz CT molecular complexity index is 283. The van der Waals surface area contributed by atoms with Crippen molar-refractivity contribution in [1.82, 2.24) is 0 Å². The Balaban J connectivity index is 2.34. The smallest absolute Gasteiger partial charge is 0.115 e. The van der Waals surface area contributed by atoms with Gasteiger partial charge in [-0.05, 0) is 24.8 Å². The zero-order chi connectivity index (χ0) is 9.31. The summed E-state index contributed by atoms with van der Waals surface area (Å²) in [6.45, 7) is 0. The molecule has 1 aromatic rings. The first-order valence-corrected chi connectivity index (χ1v) is 4.69. The molecule has 1 aliphatic carbocycles. The van der Waals surface area contributed by atoms with Gasteiger partial charge in [-0.3, -0.25) is 0 Å². The Morgan fingerprint density at radius 1 is 1.23 bits per heavy atom. The first-order chi connectivity index (χ1) is 6.23. The Kier molecular flexibility index (Phi) is 2.10. The summed E-state index contributed by atoms with van der Waals surface area (Å²) in [5.74, 6) is 0. The molecule has 2 nitrogen and oxygen atoms in total. The number of hydrogen-bond acceptors (Lipinski definition) is 2. The van der Waals surface area contributed by atoms with Gasteiger partial charge in [-0.2, -0.15) is 0 Å². The Morgan fingerprint density at radius 3 is 2.46 bits per heavy atom. The van der Waals surface area contributed by atoms with Crippen LogP contribution in [0.25, 0.3) is 0 Å². The molecule has 0 amide bonds. The molecule has 2 N–H and O–H groups in total. The molecule has 0 radical (unpaired) electrons. The van der Waals surface area contributed by atoms with E-state index < -0.39 is 11.7 Å². The Morgan fingerprint density at radius 2 is 1.92 bits per heavy atom. The van der Waals surface area contributed by atoms with Crippen molar-refractivity contribution >= 4 is 0 Å². The maximum absolute atomic E-state index is 10.2. The van der Waals surface area contributed by atoms with Gasteiger partial charge < -0.3 is 10.2 Å². The second-order valence-electron chi connectivity index (χ2n) is 3.70. The van der Waals surface area contributed by atoms with Crippen LogP contribution in [0.1, 0.15) is 24.8 Å². The molecule has 0 aliphatic heterocycles. The van der Waals surface area contributed by atoms with Gasteiger partial charge in [0.1, 0.15) is 5.60 Å². The fourth-order valence-corrected chi connectivity index (χ4v) is 2.03. The van der Waals surface area contributed by atoms with E-state index >= 15 is 0 Å². The molecule has 0 aromatic heterocycles. The second-order valence-corrected chi connectivity index (χ2v) is 3.70. The van der Waals surface area contributed by atoms with E-state index in [1.54, 1.807) is 0 Å². The van der Waals surface area contributed by atoms with E-state index in [1.807, 2.05) is 30.3 Å². The molecule has 2 heteroatoms. The lowest BCUT2D eigenvalue weighted by Crippen LogP contribution is -2.34. The van der Waals surface area contributed by atoms with Crippen LogP contribution >= 0.6 is 0 Å². The molecule has 0 unspecified atom stereocenters. The van der Waals surface area contributed by atoms with Crippen LogP contribution in [0.15, 0.2) is 30.3 Å². The minimum Gasteiger partial charge on any atom is -0.390 e. The highest BCUT2D eigenvalue weighted by Gasteiger charge is 2.41. The van der Waals surface area contributed by atoms with Gasteiger partial charge in [-0.1, -0.05) is 30.3 Å². The standard InChI is InChI=1S/C11H14O2/c12-10-7-4-8-11(10,13)9-5-2-1-3-6-9/h1-3,5-6,10,12-13H,4,7-8H2/t10-,11-/m1/s1. The van der Waals surface area contributed by atoms with Gasteiger partial charge in [0.25, 0.3) is 0 Å². The Hall–Kier alpha value is -0.860. The summed E-state index contributed by atoms with van der Waals surface area (Å²) in [5, 5.41) is 19.8. The van der Waals surface area contributed by atoms with Crippen LogP contribution in [0, 0.1) is 0 Å². The predicted octanol–water partition coefficient (Wildman–Crippen LogP) is 1.42. The lowest BCUT2D eigenvalue weighted by atomic mass is 9.90. The monoisotopic (exact) mass is 178 g/mol. The molecule has 2 atom stereocenters. The maximum Gasteiger partial charge on any atom is 0.115 e. The average Bonchev–Trinajstić information content (AvgIpc) is 2.50. The van der Waals surface area contributed by atoms with Crippen LogP contribution in [-0.2, 0) is 5.60 Å². The van der Waals surface area contributed by atoms with Gasteiger partial charge >= 0.3 is 0 Å². The van der Waals surface area contributed by atoms with E-state index in [9.17, 15) is 10.2 Å². The molecule has 1 aromatic carbocycles. The van der Waals surface area contributed by atoms with Gasteiger partial charge in [0.2, 0.25) is 0 Å². The summed E-state index contributed by atoms with van der Waals surface area (Å²) in [6, 6.07) is 9.42. The molecule has 70 valence electrons. The first kappa shape index (κ1) is 8.73. The molecule has 2 rings (SSSR count). The number of benzene rings is 1. The normalized spacial score (nSPS) is 33.5. The van der Waals surface area contributed by atoms with E-state index in [-0.39, 0.29) is 0 Å². The number of aliphatic hydroxyl groups is 2. The van der Waals surface area contributed by atoms with Gasteiger partial charge in [0, 0.05) is 0 Å². The van der Waals surface area contributed by atoms with Crippen LogP contribution in [0.2, 0.25) is 0 Å². The van der Waals surface area contributed by atoms with Crippen molar-refractivity contribution in [3.05, 3.63) is 35.9 Å². The van der Waals surface area contributed by atoms with Crippen LogP contribution in [0.4, 0.5) is 0 Å². The SMILES string of the molecule is O[C@@H]1CCC[C@@]1(O)c1ccccc1. The van der Waals surface area contributed by atoms with E-state index in [0.29, 0.717) is 12.8 Å². The van der Waals surface area contributed by atoms with E-state index in [4.69, 9.17) is 0 Å². The molecule has 1 fully saturated rings. The zero-order valence-corrected chi connectivity index (χ0v) is 7.48. The summed E-state index contributed by atoms with van der Waals surface area (Å²) in [6.07, 6.45) is 1.66. The summed E-state index contributed by atoms with van der Waals surface area (Å²) < 4.78 is 0. The molecule has 0 saturated heterocycles. The van der Waals surface area contributed by atoms with Crippen LogP contribution < -0.4 is 0 Å². The number of aliphatic hydroxyl groups excluding tert-OH is 1. The van der Waals surface area contributed by atoms with E-state index in [1.165, 1.54) is 0 Å². The van der Waals surface area contributed by atoms with Crippen molar-refractivity contribution in [2.24, 2.45) is 0 Å². The van der Waals surface area contributed by atoms with Crippen LogP contribution in [-0.4, -0.2) is 16.3 Å². The minimum absolute atomic E-state index is 0.602. The van der Waals surface area contributed by atoms with Crippen LogP contribution in [0.3, 0.4) is 0 Å². The van der Waals surface area contributed by atoms with Gasteiger partial charge in [-0.25, -0.2) is 0 Å². The topological polar surface area (TPSA) is 40.5 Å². The summed E-state index contributed by atoms with van der Waals surface area (Å²) in [7, 11) is 0. The first-order valence-electron chi connectivity index (χ1n) is 4.69. The highest BCUT2D eigenvalue weighted by Crippen LogP contribution is 2.38. The molecular formula is C11H14O2. The predicted molar refractivity (Wildman–Crippen MR) is 50.2 cm³/mol. The second kappa shape index (κ2) is 3.13. The minimum atomic E-state index is -0.999. The van der Waals surface area contributed by atoms with Crippen molar-refractivity contribution in [2.45, 2.75) is 31.0 Å². The third-order valence-corrected chi connectivity index (χ3v) is 2.86. The molecule has 0 spiro atoms. The van der Waals surface area contributed by atoms with Crippen molar-refractivity contribution in [3.8, 4) is 0 Å².